The lowest BCUT2D eigenvalue weighted by atomic mass is 9.83. The van der Waals surface area contributed by atoms with Crippen LogP contribution in [0.25, 0.3) is 0 Å². The summed E-state index contributed by atoms with van der Waals surface area (Å²) in [6.45, 7) is 13.4. The van der Waals surface area contributed by atoms with E-state index in [1.165, 1.54) is 0 Å². The molecule has 0 aromatic heterocycles. The lowest BCUT2D eigenvalue weighted by Gasteiger charge is -2.35. The Labute approximate surface area is 461 Å². The average Bonchev–Trinajstić information content (AvgIpc) is 4.11. The first-order chi connectivity index (χ1) is 36.6. The van der Waals surface area contributed by atoms with Crippen molar-refractivity contribution in [1.29, 1.82) is 0 Å². The van der Waals surface area contributed by atoms with Gasteiger partial charge in [-0.3, -0.25) is 38.4 Å². The number of hydrogen-bond donors (Lipinski definition) is 8. The van der Waals surface area contributed by atoms with Gasteiger partial charge in [0.1, 0.15) is 24.2 Å². The molecule has 7 aliphatic rings. The summed E-state index contributed by atoms with van der Waals surface area (Å²) in [6.07, 6.45) is 4.50. The predicted molar refractivity (Wildman–Crippen MR) is 296 cm³/mol. The first kappa shape index (κ1) is 56.3. The molecule has 0 bridgehead atoms. The molecule has 416 valence electrons. The monoisotopic (exact) mass is 1090 g/mol. The van der Waals surface area contributed by atoms with Crippen molar-refractivity contribution in [1.82, 2.24) is 52.3 Å². The van der Waals surface area contributed by atoms with Crippen LogP contribution in [0.3, 0.4) is 0 Å². The maximum Gasteiger partial charge on any atom is 0.246 e. The van der Waals surface area contributed by atoms with Crippen molar-refractivity contribution in [2.75, 3.05) is 25.6 Å². The maximum atomic E-state index is 14.8. The molecule has 2 aromatic carbocycles. The van der Waals surface area contributed by atoms with Gasteiger partial charge in [0, 0.05) is 11.7 Å². The molecule has 13 atom stereocenters. The van der Waals surface area contributed by atoms with E-state index in [1.54, 1.807) is 61.3 Å². The Hall–Kier alpha value is -5.44. The highest BCUT2D eigenvalue weighted by Gasteiger charge is 2.57. The Bertz CT molecular complexity index is 2720. The Balaban J connectivity index is 0.863. The lowest BCUT2D eigenvalue weighted by Crippen LogP contribution is -2.58. The number of likely N-dealkylation sites (N-methyl/N-ethyl adjacent to an activating group) is 2. The molecule has 77 heavy (non-hydrogen) atoms. The van der Waals surface area contributed by atoms with Crippen molar-refractivity contribution in [3.8, 4) is 0 Å². The van der Waals surface area contributed by atoms with E-state index in [-0.39, 0.29) is 64.0 Å². The molecular formula is C57H78N10O8S2. The van der Waals surface area contributed by atoms with E-state index in [2.05, 4.69) is 42.5 Å². The Morgan fingerprint density at radius 1 is 0.584 bits per heavy atom. The van der Waals surface area contributed by atoms with E-state index in [1.807, 2.05) is 83.1 Å². The quantitative estimate of drug-likeness (QED) is 0.136. The summed E-state index contributed by atoms with van der Waals surface area (Å²) in [7, 11) is 3.37. The second-order valence-corrected chi connectivity index (χ2v) is 26.3. The minimum atomic E-state index is -0.831. The SMILES string of the molecule is CN[C@@H](C)C(=O)N[C@H]1CCS[C@H]2CC(C)(C)[C@@H](C(=O)N[C@H]3c4ccccc4C[C@H]3C(=O)NC3=C(C)C[C@@H](NC(=O)[C@@H]4Cc5ccccc5[C@@H]4NC(=O)[C@H]4N5C(=O)[C@@H](NC(=O)[C@H](C)NC)CCS[C@H]5CC4(C)C)CC3)N2C1=O. The van der Waals surface area contributed by atoms with Crippen LogP contribution in [-0.4, -0.2) is 136 Å². The fourth-order valence-electron chi connectivity index (χ4n) is 13.0. The van der Waals surface area contributed by atoms with Crippen molar-refractivity contribution in [2.45, 2.75) is 171 Å². The van der Waals surface area contributed by atoms with Crippen LogP contribution in [0.1, 0.15) is 128 Å². The van der Waals surface area contributed by atoms with Crippen LogP contribution in [0.4, 0.5) is 0 Å². The van der Waals surface area contributed by atoms with E-state index in [0.717, 1.165) is 33.5 Å². The standard InChI is InChI=1S/C57H78N10O8S2/c1-29-24-34(60-50(70)37-25-32-14-10-12-16-35(32)44(37)64-52(72)46-56(4,5)27-42-66(46)54(74)40(20-22-76-42)62-48(68)30(2)58-8)18-19-39(29)61-51(71)38-26-33-15-11-13-17-36(33)45(38)65-53(73)47-57(6,7)28-43-67(47)55(75)41(21-23-77-43)63-49(69)31(3)59-9/h10-17,30-31,34,37-38,40-47,58-59H,18-28H2,1-9H3,(H,60,70)(H,61,71)(H,62,68)(H,63,69)(H,64,72)(H,65,73)/t30-,31-,34-,37+,38+,40-,41-,42-,43-,44-,45-,46+,47+/m0/s1. The zero-order valence-electron chi connectivity index (χ0n) is 45.9. The third-order valence-corrected chi connectivity index (χ3v) is 20.0. The largest absolute Gasteiger partial charge is 0.353 e. The molecule has 9 rings (SSSR count). The van der Waals surface area contributed by atoms with Gasteiger partial charge in [-0.1, -0.05) is 81.8 Å². The molecule has 3 aliphatic carbocycles. The van der Waals surface area contributed by atoms with Gasteiger partial charge in [0.25, 0.3) is 0 Å². The van der Waals surface area contributed by atoms with E-state index < -0.39 is 71.0 Å². The van der Waals surface area contributed by atoms with Crippen LogP contribution >= 0.6 is 23.5 Å². The summed E-state index contributed by atoms with van der Waals surface area (Å²) in [5.74, 6) is -2.14. The zero-order chi connectivity index (χ0) is 55.2. The van der Waals surface area contributed by atoms with Crippen molar-refractivity contribution >= 4 is 70.8 Å². The summed E-state index contributed by atoms with van der Waals surface area (Å²) < 4.78 is 0. The zero-order valence-corrected chi connectivity index (χ0v) is 47.5. The number of amides is 8. The van der Waals surface area contributed by atoms with Crippen molar-refractivity contribution < 1.29 is 38.4 Å². The number of nitrogens with zero attached hydrogens (tertiary/aromatic N) is 2. The second-order valence-electron chi connectivity index (χ2n) is 23.7. The first-order valence-electron chi connectivity index (χ1n) is 27.5. The number of hydrogen-bond acceptors (Lipinski definition) is 12. The number of nitrogens with one attached hydrogen (secondary N) is 8. The van der Waals surface area contributed by atoms with Crippen molar-refractivity contribution in [3.05, 3.63) is 82.1 Å². The normalized spacial score (nSPS) is 30.8. The number of benzene rings is 2. The third-order valence-electron chi connectivity index (χ3n) is 17.5. The van der Waals surface area contributed by atoms with Gasteiger partial charge in [-0.2, -0.15) is 0 Å². The summed E-state index contributed by atoms with van der Waals surface area (Å²) in [4.78, 5) is 117. The molecule has 0 saturated carbocycles. The molecule has 20 heteroatoms. The third kappa shape index (κ3) is 11.3. The number of carbonyl (C=O) groups is 8. The van der Waals surface area contributed by atoms with Crippen LogP contribution in [0.5, 0.6) is 0 Å². The number of thioether (sulfide) groups is 2. The van der Waals surface area contributed by atoms with E-state index in [4.69, 9.17) is 0 Å². The first-order valence-corrected chi connectivity index (χ1v) is 29.6. The highest BCUT2D eigenvalue weighted by molar-refractivity contribution is 8.00. The summed E-state index contributed by atoms with van der Waals surface area (Å²) in [5, 5.41) is 24.3. The molecular weight excluding hydrogens is 1020 g/mol. The van der Waals surface area contributed by atoms with Crippen molar-refractivity contribution in [2.24, 2.45) is 22.7 Å². The highest BCUT2D eigenvalue weighted by atomic mass is 32.2. The molecule has 4 heterocycles. The van der Waals surface area contributed by atoms with E-state index >= 15 is 0 Å². The second kappa shape index (κ2) is 22.7. The number of fused-ring (bicyclic) bond motifs is 4. The molecule has 2 aromatic rings. The minimum absolute atomic E-state index is 0.189. The molecule has 4 aliphatic heterocycles. The fourth-order valence-corrected chi connectivity index (χ4v) is 16.2. The molecule has 0 radical (unpaired) electrons. The van der Waals surface area contributed by atoms with Crippen LogP contribution in [-0.2, 0) is 51.2 Å². The molecule has 4 fully saturated rings. The topological polar surface area (TPSA) is 239 Å². The molecule has 4 saturated heterocycles. The van der Waals surface area contributed by atoms with Gasteiger partial charge in [0.05, 0.1) is 46.8 Å². The minimum Gasteiger partial charge on any atom is -0.353 e. The van der Waals surface area contributed by atoms with Crippen LogP contribution in [0.15, 0.2) is 59.8 Å². The van der Waals surface area contributed by atoms with Gasteiger partial charge in [0.15, 0.2) is 0 Å². The predicted octanol–water partition coefficient (Wildman–Crippen LogP) is 3.47. The Kier molecular flexibility index (Phi) is 16.6. The number of rotatable bonds is 14. The van der Waals surface area contributed by atoms with Gasteiger partial charge in [-0.15, -0.1) is 23.5 Å². The maximum absolute atomic E-state index is 14.8. The molecule has 18 nitrogen and oxygen atoms in total. The van der Waals surface area contributed by atoms with Gasteiger partial charge in [-0.25, -0.2) is 0 Å². The summed E-state index contributed by atoms with van der Waals surface area (Å²) in [5.41, 5.74) is 4.19. The van der Waals surface area contributed by atoms with Crippen LogP contribution in [0, 0.1) is 22.7 Å². The summed E-state index contributed by atoms with van der Waals surface area (Å²) >= 11 is 3.26. The number of carbonyl (C=O) groups excluding carboxylic acids is 8. The van der Waals surface area contributed by atoms with Gasteiger partial charge in [0.2, 0.25) is 47.3 Å². The highest BCUT2D eigenvalue weighted by Crippen LogP contribution is 2.49. The van der Waals surface area contributed by atoms with Gasteiger partial charge in [-0.05, 0) is 137 Å². The summed E-state index contributed by atoms with van der Waals surface area (Å²) in [6, 6.07) is 9.81. The van der Waals surface area contributed by atoms with Crippen LogP contribution in [0.2, 0.25) is 0 Å². The Morgan fingerprint density at radius 3 is 1.47 bits per heavy atom. The smallest absolute Gasteiger partial charge is 0.246 e. The van der Waals surface area contributed by atoms with E-state index in [0.29, 0.717) is 69.3 Å². The fraction of sp³-hybridized carbons (Fsp3) is 0.614. The molecule has 0 spiro atoms. The van der Waals surface area contributed by atoms with Gasteiger partial charge < -0.3 is 52.3 Å². The Morgan fingerprint density at radius 2 is 1.03 bits per heavy atom. The van der Waals surface area contributed by atoms with Crippen LogP contribution < -0.4 is 42.5 Å². The lowest BCUT2D eigenvalue weighted by molar-refractivity contribution is -0.144. The average molecular weight is 1100 g/mol. The molecule has 0 unspecified atom stereocenters. The van der Waals surface area contributed by atoms with Crippen molar-refractivity contribution in [3.63, 3.8) is 0 Å². The van der Waals surface area contributed by atoms with Gasteiger partial charge >= 0.3 is 0 Å². The molecule has 8 amide bonds. The number of allylic oxidation sites excluding steroid dienone is 1. The van der Waals surface area contributed by atoms with E-state index in [9.17, 15) is 38.4 Å². The molecule has 8 N–H and O–H groups in total.